The van der Waals surface area contributed by atoms with Crippen LogP contribution in [-0.2, 0) is 25.7 Å². The third-order valence-corrected chi connectivity index (χ3v) is 3.61. The summed E-state index contributed by atoms with van der Waals surface area (Å²) in [6.07, 6.45) is 3.00. The predicted molar refractivity (Wildman–Crippen MR) is 103 cm³/mol. The van der Waals surface area contributed by atoms with Crippen LogP contribution >= 0.6 is 0 Å². The number of methoxy groups -OCH3 is 2. The molecule has 2 rings (SSSR count). The van der Waals surface area contributed by atoms with Gasteiger partial charge in [-0.15, -0.1) is 0 Å². The lowest BCUT2D eigenvalue weighted by Gasteiger charge is -2.13. The number of carbonyl (C=O) groups excluding carboxylic acids is 1. The Bertz CT molecular complexity index is 814. The van der Waals surface area contributed by atoms with E-state index in [0.717, 1.165) is 11.1 Å². The fourth-order valence-corrected chi connectivity index (χ4v) is 2.38. The van der Waals surface area contributed by atoms with E-state index in [1.807, 2.05) is 55.5 Å². The van der Waals surface area contributed by atoms with E-state index in [0.29, 0.717) is 23.5 Å². The number of hydrogen-bond acceptors (Lipinski definition) is 6. The smallest absolute Gasteiger partial charge is 0.341 e. The zero-order valence-electron chi connectivity index (χ0n) is 15.7. The Morgan fingerprint density at radius 3 is 2.67 bits per heavy atom. The predicted octanol–water partition coefficient (Wildman–Crippen LogP) is 3.80. The number of hydrogen-bond donors (Lipinski definition) is 0. The van der Waals surface area contributed by atoms with Crippen molar-refractivity contribution in [3.8, 4) is 5.75 Å². The molecule has 6 heteroatoms. The average molecular weight is 369 g/mol. The lowest BCUT2D eigenvalue weighted by molar-refractivity contribution is -0.133. The van der Waals surface area contributed by atoms with Crippen LogP contribution in [0.4, 0.5) is 0 Å². The van der Waals surface area contributed by atoms with Gasteiger partial charge in [0.05, 0.1) is 26.7 Å². The first-order valence-electron chi connectivity index (χ1n) is 8.47. The molecule has 0 radical (unpaired) electrons. The second kappa shape index (κ2) is 10.7. The Labute approximate surface area is 159 Å². The van der Waals surface area contributed by atoms with Gasteiger partial charge in [-0.2, -0.15) is 0 Å². The summed E-state index contributed by atoms with van der Waals surface area (Å²) in [5, 5.41) is 3.85. The lowest BCUT2D eigenvalue weighted by atomic mass is 10.0. The summed E-state index contributed by atoms with van der Waals surface area (Å²) in [6.45, 7) is 2.66. The SMILES string of the molecule is CCO/N=C/c1cccc(OCc2ccccc2/C(=C/OC)C(=O)OC)c1. The van der Waals surface area contributed by atoms with Gasteiger partial charge in [0.15, 0.2) is 0 Å². The van der Waals surface area contributed by atoms with Gasteiger partial charge in [-0.1, -0.05) is 41.6 Å². The van der Waals surface area contributed by atoms with Crippen molar-refractivity contribution in [2.45, 2.75) is 13.5 Å². The molecule has 0 saturated heterocycles. The average Bonchev–Trinajstić information content (AvgIpc) is 2.71. The zero-order valence-corrected chi connectivity index (χ0v) is 15.7. The molecule has 2 aromatic rings. The molecule has 0 saturated carbocycles. The number of esters is 1. The Balaban J connectivity index is 2.18. The van der Waals surface area contributed by atoms with E-state index in [2.05, 4.69) is 5.16 Å². The van der Waals surface area contributed by atoms with Crippen LogP contribution in [0.2, 0.25) is 0 Å². The molecule has 0 unspecified atom stereocenters. The van der Waals surface area contributed by atoms with Crippen molar-refractivity contribution < 1.29 is 23.8 Å². The first kappa shape index (κ1) is 20.0. The summed E-state index contributed by atoms with van der Waals surface area (Å²) in [4.78, 5) is 17.0. The van der Waals surface area contributed by atoms with E-state index in [1.165, 1.54) is 20.5 Å². The number of nitrogens with zero attached hydrogens (tertiary/aromatic N) is 1. The van der Waals surface area contributed by atoms with E-state index in [-0.39, 0.29) is 6.61 Å². The van der Waals surface area contributed by atoms with Gasteiger partial charge < -0.3 is 19.0 Å². The quantitative estimate of drug-likeness (QED) is 0.221. The minimum absolute atomic E-state index is 0.278. The van der Waals surface area contributed by atoms with E-state index in [4.69, 9.17) is 19.0 Å². The van der Waals surface area contributed by atoms with E-state index < -0.39 is 5.97 Å². The molecule has 6 nitrogen and oxygen atoms in total. The normalized spacial score (nSPS) is 11.3. The molecule has 0 fully saturated rings. The van der Waals surface area contributed by atoms with Crippen LogP contribution in [-0.4, -0.2) is 33.0 Å². The van der Waals surface area contributed by atoms with Gasteiger partial charge >= 0.3 is 5.97 Å². The van der Waals surface area contributed by atoms with Crippen LogP contribution < -0.4 is 4.74 Å². The highest BCUT2D eigenvalue weighted by atomic mass is 16.6. The summed E-state index contributed by atoms with van der Waals surface area (Å²) in [6, 6.07) is 14.9. The number of rotatable bonds is 9. The van der Waals surface area contributed by atoms with Crippen molar-refractivity contribution in [1.29, 1.82) is 0 Å². The van der Waals surface area contributed by atoms with Crippen molar-refractivity contribution >= 4 is 17.8 Å². The van der Waals surface area contributed by atoms with Crippen LogP contribution in [0.25, 0.3) is 5.57 Å². The molecule has 0 heterocycles. The molecule has 27 heavy (non-hydrogen) atoms. The summed E-state index contributed by atoms with van der Waals surface area (Å²) < 4.78 is 15.8. The molecule has 142 valence electrons. The van der Waals surface area contributed by atoms with Crippen LogP contribution in [0.3, 0.4) is 0 Å². The van der Waals surface area contributed by atoms with Crippen molar-refractivity contribution in [2.75, 3.05) is 20.8 Å². The fourth-order valence-electron chi connectivity index (χ4n) is 2.38. The minimum atomic E-state index is -0.474. The first-order chi connectivity index (χ1) is 13.2. The summed E-state index contributed by atoms with van der Waals surface area (Å²) >= 11 is 0. The highest BCUT2D eigenvalue weighted by Crippen LogP contribution is 2.23. The molecule has 0 bridgehead atoms. The summed E-state index contributed by atoms with van der Waals surface area (Å²) in [5.41, 5.74) is 2.72. The van der Waals surface area contributed by atoms with Crippen LogP contribution in [0.15, 0.2) is 59.9 Å². The third kappa shape index (κ3) is 5.88. The maximum Gasteiger partial charge on any atom is 0.341 e. The lowest BCUT2D eigenvalue weighted by Crippen LogP contribution is -2.08. The summed E-state index contributed by atoms with van der Waals surface area (Å²) in [7, 11) is 2.82. The van der Waals surface area contributed by atoms with Crippen molar-refractivity contribution in [1.82, 2.24) is 0 Å². The molecule has 0 aliphatic rings. The molecule has 0 aromatic heterocycles. The first-order valence-corrected chi connectivity index (χ1v) is 8.47. The van der Waals surface area contributed by atoms with Gasteiger partial charge in [-0.05, 0) is 35.7 Å². The largest absolute Gasteiger partial charge is 0.503 e. The maximum absolute atomic E-state index is 12.1. The second-order valence-corrected chi connectivity index (χ2v) is 5.43. The van der Waals surface area contributed by atoms with Gasteiger partial charge in [-0.25, -0.2) is 4.79 Å². The zero-order chi connectivity index (χ0) is 19.5. The minimum Gasteiger partial charge on any atom is -0.503 e. The molecular formula is C21H23NO5. The van der Waals surface area contributed by atoms with Crippen molar-refractivity contribution in [2.24, 2.45) is 5.16 Å². The van der Waals surface area contributed by atoms with Gasteiger partial charge in [0.1, 0.15) is 24.5 Å². The monoisotopic (exact) mass is 369 g/mol. The standard InChI is InChI=1S/C21H23NO5/c1-4-27-22-13-16-8-7-10-18(12-16)26-14-17-9-5-6-11-19(17)20(15-24-2)21(23)25-3/h5-13,15H,4,14H2,1-3H3/b20-15-,22-13+. The van der Waals surface area contributed by atoms with E-state index >= 15 is 0 Å². The number of carbonyl (C=O) groups is 1. The molecule has 0 aliphatic heterocycles. The Morgan fingerprint density at radius 1 is 1.11 bits per heavy atom. The van der Waals surface area contributed by atoms with Gasteiger partial charge in [0, 0.05) is 0 Å². The molecule has 0 spiro atoms. The van der Waals surface area contributed by atoms with Gasteiger partial charge in [-0.3, -0.25) is 0 Å². The van der Waals surface area contributed by atoms with Crippen molar-refractivity contribution in [3.63, 3.8) is 0 Å². The van der Waals surface area contributed by atoms with E-state index in [9.17, 15) is 4.79 Å². The maximum atomic E-state index is 12.1. The van der Waals surface area contributed by atoms with Gasteiger partial charge in [0.25, 0.3) is 0 Å². The Morgan fingerprint density at radius 2 is 1.93 bits per heavy atom. The molecule has 0 atom stereocenters. The Hall–Kier alpha value is -3.28. The fraction of sp³-hybridized carbons (Fsp3) is 0.238. The molecule has 0 amide bonds. The van der Waals surface area contributed by atoms with E-state index in [1.54, 1.807) is 6.21 Å². The molecule has 0 aliphatic carbocycles. The van der Waals surface area contributed by atoms with Crippen LogP contribution in [0.5, 0.6) is 5.75 Å². The second-order valence-electron chi connectivity index (χ2n) is 5.43. The highest BCUT2D eigenvalue weighted by molar-refractivity contribution is 6.16. The van der Waals surface area contributed by atoms with Crippen LogP contribution in [0.1, 0.15) is 23.6 Å². The summed E-state index contributed by atoms with van der Waals surface area (Å²) in [5.74, 6) is 0.207. The van der Waals surface area contributed by atoms with Crippen LogP contribution in [0, 0.1) is 0 Å². The number of oxime groups is 1. The number of benzene rings is 2. The number of ether oxygens (including phenoxy) is 3. The molecule has 0 N–H and O–H groups in total. The van der Waals surface area contributed by atoms with Gasteiger partial charge in [0.2, 0.25) is 0 Å². The Kier molecular flexibility index (Phi) is 7.91. The third-order valence-electron chi connectivity index (χ3n) is 3.61. The van der Waals surface area contributed by atoms with Crippen molar-refractivity contribution in [3.05, 3.63) is 71.5 Å². The topological polar surface area (TPSA) is 66.3 Å². The molecule has 2 aromatic carbocycles. The highest BCUT2D eigenvalue weighted by Gasteiger charge is 2.16. The molecular weight excluding hydrogens is 346 g/mol.